The minimum absolute atomic E-state index is 0.103. The van der Waals surface area contributed by atoms with Gasteiger partial charge < -0.3 is 15.4 Å². The highest BCUT2D eigenvalue weighted by Gasteiger charge is 2.11. The third-order valence-electron chi connectivity index (χ3n) is 3.86. The highest BCUT2D eigenvalue weighted by atomic mass is 16.5. The number of benzene rings is 2. The summed E-state index contributed by atoms with van der Waals surface area (Å²) < 4.78 is 5.61. The molecular formula is C22H24N4O2. The summed E-state index contributed by atoms with van der Waals surface area (Å²) in [6.45, 7) is 6.36. The third kappa shape index (κ3) is 5.54. The van der Waals surface area contributed by atoms with Gasteiger partial charge in [0.25, 0.3) is 5.91 Å². The van der Waals surface area contributed by atoms with E-state index in [-0.39, 0.29) is 12.0 Å². The third-order valence-corrected chi connectivity index (χ3v) is 3.86. The molecule has 2 N–H and O–H groups in total. The Bertz CT molecular complexity index is 925. The van der Waals surface area contributed by atoms with Crippen LogP contribution >= 0.6 is 0 Å². The van der Waals surface area contributed by atoms with Gasteiger partial charge in [0.15, 0.2) is 0 Å². The molecule has 28 heavy (non-hydrogen) atoms. The van der Waals surface area contributed by atoms with Gasteiger partial charge in [0.05, 0.1) is 6.10 Å². The van der Waals surface area contributed by atoms with Crippen molar-refractivity contribution in [2.75, 3.05) is 10.6 Å². The topological polar surface area (TPSA) is 76.1 Å². The van der Waals surface area contributed by atoms with Gasteiger partial charge in [-0.1, -0.05) is 30.3 Å². The summed E-state index contributed by atoms with van der Waals surface area (Å²) in [5.41, 5.74) is 2.82. The van der Waals surface area contributed by atoms with Gasteiger partial charge in [0, 0.05) is 17.9 Å². The van der Waals surface area contributed by atoms with Crippen LogP contribution in [0.25, 0.3) is 0 Å². The van der Waals surface area contributed by atoms with Crippen molar-refractivity contribution in [2.24, 2.45) is 0 Å². The van der Waals surface area contributed by atoms with E-state index < -0.39 is 0 Å². The molecule has 0 aliphatic carbocycles. The summed E-state index contributed by atoms with van der Waals surface area (Å²) in [6, 6.07) is 18.9. The number of aromatic nitrogens is 2. The Morgan fingerprint density at radius 2 is 1.75 bits per heavy atom. The molecule has 0 saturated heterocycles. The number of nitrogens with zero attached hydrogens (tertiary/aromatic N) is 2. The van der Waals surface area contributed by atoms with E-state index in [2.05, 4.69) is 20.6 Å². The molecule has 0 unspecified atom stereocenters. The standard InChI is InChI=1S/C22H24N4O2/c1-15(2)28-19-11-9-18(10-12-19)25-21(27)20-13-16(3)24-22(26-20)23-14-17-7-5-4-6-8-17/h4-13,15H,14H2,1-3H3,(H,25,27)(H,23,24,26). The number of nitrogens with one attached hydrogen (secondary N) is 2. The van der Waals surface area contributed by atoms with Crippen molar-refractivity contribution in [1.82, 2.24) is 9.97 Å². The number of amides is 1. The number of anilines is 2. The number of rotatable bonds is 7. The van der Waals surface area contributed by atoms with Gasteiger partial charge in [-0.2, -0.15) is 0 Å². The fourth-order valence-electron chi connectivity index (χ4n) is 2.63. The lowest BCUT2D eigenvalue weighted by Gasteiger charge is -2.11. The lowest BCUT2D eigenvalue weighted by atomic mass is 10.2. The molecular weight excluding hydrogens is 352 g/mol. The maximum atomic E-state index is 12.6. The maximum Gasteiger partial charge on any atom is 0.274 e. The average molecular weight is 376 g/mol. The smallest absolute Gasteiger partial charge is 0.274 e. The SMILES string of the molecule is Cc1cc(C(=O)Nc2ccc(OC(C)C)cc2)nc(NCc2ccccc2)n1. The molecule has 1 heterocycles. The van der Waals surface area contributed by atoms with Crippen molar-refractivity contribution < 1.29 is 9.53 Å². The highest BCUT2D eigenvalue weighted by Crippen LogP contribution is 2.18. The van der Waals surface area contributed by atoms with E-state index in [4.69, 9.17) is 4.74 Å². The van der Waals surface area contributed by atoms with Crippen LogP contribution in [0.3, 0.4) is 0 Å². The van der Waals surface area contributed by atoms with Gasteiger partial charge in [-0.15, -0.1) is 0 Å². The van der Waals surface area contributed by atoms with Gasteiger partial charge in [-0.05, 0) is 56.7 Å². The molecule has 3 aromatic rings. The van der Waals surface area contributed by atoms with Crippen LogP contribution in [0.4, 0.5) is 11.6 Å². The van der Waals surface area contributed by atoms with E-state index >= 15 is 0 Å². The van der Waals surface area contributed by atoms with Crippen LogP contribution in [0.15, 0.2) is 60.7 Å². The Labute approximate surface area is 165 Å². The number of aryl methyl sites for hydroxylation is 1. The van der Waals surface area contributed by atoms with E-state index in [1.165, 1.54) is 0 Å². The van der Waals surface area contributed by atoms with Crippen LogP contribution < -0.4 is 15.4 Å². The van der Waals surface area contributed by atoms with Gasteiger partial charge in [-0.3, -0.25) is 4.79 Å². The minimum atomic E-state index is -0.286. The summed E-state index contributed by atoms with van der Waals surface area (Å²) >= 11 is 0. The second kappa shape index (κ2) is 8.99. The van der Waals surface area contributed by atoms with Crippen LogP contribution in [0, 0.1) is 6.92 Å². The zero-order valence-corrected chi connectivity index (χ0v) is 16.3. The monoisotopic (exact) mass is 376 g/mol. The van der Waals surface area contributed by atoms with Gasteiger partial charge in [0.2, 0.25) is 5.95 Å². The van der Waals surface area contributed by atoms with Gasteiger partial charge in [0.1, 0.15) is 11.4 Å². The molecule has 0 atom stereocenters. The second-order valence-electron chi connectivity index (χ2n) is 6.70. The van der Waals surface area contributed by atoms with Gasteiger partial charge in [-0.25, -0.2) is 9.97 Å². The first-order chi connectivity index (χ1) is 13.5. The molecule has 144 valence electrons. The molecule has 0 bridgehead atoms. The summed E-state index contributed by atoms with van der Waals surface area (Å²) in [7, 11) is 0. The molecule has 1 amide bonds. The first-order valence-corrected chi connectivity index (χ1v) is 9.21. The van der Waals surface area contributed by atoms with Crippen LogP contribution in [0.2, 0.25) is 0 Å². The maximum absolute atomic E-state index is 12.6. The quantitative estimate of drug-likeness (QED) is 0.638. The molecule has 0 saturated carbocycles. The lowest BCUT2D eigenvalue weighted by molar-refractivity contribution is 0.102. The number of hydrogen-bond acceptors (Lipinski definition) is 5. The van der Waals surface area contributed by atoms with Crippen molar-refractivity contribution >= 4 is 17.5 Å². The second-order valence-corrected chi connectivity index (χ2v) is 6.70. The number of hydrogen-bond donors (Lipinski definition) is 2. The lowest BCUT2D eigenvalue weighted by Crippen LogP contribution is -2.16. The van der Waals surface area contributed by atoms with Crippen molar-refractivity contribution in [1.29, 1.82) is 0 Å². The van der Waals surface area contributed by atoms with E-state index in [0.29, 0.717) is 23.9 Å². The largest absolute Gasteiger partial charge is 0.491 e. The fourth-order valence-corrected chi connectivity index (χ4v) is 2.63. The molecule has 0 aliphatic rings. The van der Waals surface area contributed by atoms with E-state index in [1.807, 2.05) is 63.2 Å². The Hall–Kier alpha value is -3.41. The highest BCUT2D eigenvalue weighted by molar-refractivity contribution is 6.03. The summed E-state index contributed by atoms with van der Waals surface area (Å²) in [5.74, 6) is 0.902. The molecule has 0 spiro atoms. The van der Waals surface area contributed by atoms with Crippen LogP contribution in [0.5, 0.6) is 5.75 Å². The Morgan fingerprint density at radius 3 is 2.43 bits per heavy atom. The number of carbonyl (C=O) groups excluding carboxylic acids is 1. The first kappa shape index (κ1) is 19.4. The predicted molar refractivity (Wildman–Crippen MR) is 111 cm³/mol. The molecule has 0 fully saturated rings. The Kier molecular flexibility index (Phi) is 6.22. The summed E-state index contributed by atoms with van der Waals surface area (Å²) in [4.78, 5) is 21.3. The van der Waals surface area contributed by atoms with E-state index in [1.54, 1.807) is 18.2 Å². The van der Waals surface area contributed by atoms with Crippen LogP contribution in [-0.4, -0.2) is 22.0 Å². The van der Waals surface area contributed by atoms with E-state index in [9.17, 15) is 4.79 Å². The minimum Gasteiger partial charge on any atom is -0.491 e. The fraction of sp³-hybridized carbons (Fsp3) is 0.227. The average Bonchev–Trinajstić information content (AvgIpc) is 2.68. The molecule has 0 radical (unpaired) electrons. The molecule has 1 aromatic heterocycles. The normalized spacial score (nSPS) is 10.6. The number of carbonyl (C=O) groups is 1. The molecule has 3 rings (SSSR count). The van der Waals surface area contributed by atoms with Gasteiger partial charge >= 0.3 is 0 Å². The zero-order chi connectivity index (χ0) is 19.9. The van der Waals surface area contributed by atoms with Crippen molar-refractivity contribution in [3.05, 3.63) is 77.6 Å². The molecule has 2 aromatic carbocycles. The van der Waals surface area contributed by atoms with Crippen molar-refractivity contribution in [3.63, 3.8) is 0 Å². The molecule has 6 heteroatoms. The first-order valence-electron chi connectivity index (χ1n) is 9.21. The Morgan fingerprint density at radius 1 is 1.04 bits per heavy atom. The molecule has 6 nitrogen and oxygen atoms in total. The zero-order valence-electron chi connectivity index (χ0n) is 16.3. The summed E-state index contributed by atoms with van der Waals surface area (Å²) in [6.07, 6.45) is 0.103. The predicted octanol–water partition coefficient (Wildman–Crippen LogP) is 4.44. The molecule has 0 aliphatic heterocycles. The van der Waals surface area contributed by atoms with E-state index in [0.717, 1.165) is 17.0 Å². The summed E-state index contributed by atoms with van der Waals surface area (Å²) in [5, 5.41) is 6.02. The van der Waals surface area contributed by atoms with Crippen molar-refractivity contribution in [3.8, 4) is 5.75 Å². The Balaban J connectivity index is 1.66. The number of ether oxygens (including phenoxy) is 1. The van der Waals surface area contributed by atoms with Crippen LogP contribution in [-0.2, 0) is 6.54 Å². The van der Waals surface area contributed by atoms with Crippen LogP contribution in [0.1, 0.15) is 35.6 Å². The van der Waals surface area contributed by atoms with Crippen molar-refractivity contribution in [2.45, 2.75) is 33.4 Å².